The summed E-state index contributed by atoms with van der Waals surface area (Å²) in [4.78, 5) is 0. The molecule has 0 saturated carbocycles. The summed E-state index contributed by atoms with van der Waals surface area (Å²) in [5.41, 5.74) is 3.04. The van der Waals surface area contributed by atoms with Crippen molar-refractivity contribution in [2.75, 3.05) is 0 Å². The van der Waals surface area contributed by atoms with Gasteiger partial charge in [0.2, 0.25) is 0 Å². The lowest BCUT2D eigenvalue weighted by molar-refractivity contribution is 0.479. The normalized spacial score (nSPS) is 12.6. The Morgan fingerprint density at radius 3 is 1.85 bits per heavy atom. The van der Waals surface area contributed by atoms with Crippen LogP contribution in [0.3, 0.4) is 0 Å². The first-order valence-corrected chi connectivity index (χ1v) is 11.3. The Labute approximate surface area is 141 Å². The molecule has 0 fully saturated rings. The van der Waals surface area contributed by atoms with Crippen molar-refractivity contribution in [3.05, 3.63) is 28.2 Å². The molecule has 0 aliphatic heterocycles. The minimum Gasteiger partial charge on any atom is -0.543 e. The second kappa shape index (κ2) is 7.46. The number of alkyl halides is 1. The zero-order valence-electron chi connectivity index (χ0n) is 13.3. The molecule has 0 N–H and O–H groups in total. The van der Waals surface area contributed by atoms with Crippen molar-refractivity contribution in [3.8, 4) is 5.75 Å². The van der Waals surface area contributed by atoms with Gasteiger partial charge in [-0.15, -0.1) is 0 Å². The van der Waals surface area contributed by atoms with E-state index in [9.17, 15) is 0 Å². The Morgan fingerprint density at radius 2 is 1.50 bits per heavy atom. The van der Waals surface area contributed by atoms with Crippen molar-refractivity contribution in [1.29, 1.82) is 0 Å². The average Bonchev–Trinajstić information content (AvgIpc) is 2.34. The quantitative estimate of drug-likeness (QED) is 0.358. The Balaban J connectivity index is 3.16. The fourth-order valence-corrected chi connectivity index (χ4v) is 9.86. The lowest BCUT2D eigenvalue weighted by Crippen LogP contribution is -2.50. The van der Waals surface area contributed by atoms with Gasteiger partial charge in [-0.3, -0.25) is 0 Å². The molecule has 0 atom stereocenters. The van der Waals surface area contributed by atoms with Crippen LogP contribution in [0, 0.1) is 0 Å². The Morgan fingerprint density at radius 1 is 1.00 bits per heavy atom. The largest absolute Gasteiger partial charge is 0.543 e. The monoisotopic (exact) mass is 420 g/mol. The first-order chi connectivity index (χ1) is 9.25. The maximum atomic E-state index is 6.66. The molecule has 114 valence electrons. The molecule has 0 radical (unpaired) electrons. The molecule has 0 aliphatic carbocycles. The van der Waals surface area contributed by atoms with E-state index in [4.69, 9.17) is 4.43 Å². The van der Waals surface area contributed by atoms with Crippen molar-refractivity contribution in [1.82, 2.24) is 0 Å². The van der Waals surface area contributed by atoms with Crippen LogP contribution in [-0.2, 0) is 5.33 Å². The van der Waals surface area contributed by atoms with Crippen LogP contribution in [0.2, 0.25) is 16.6 Å². The number of halogens is 2. The molecule has 4 heteroatoms. The smallest absolute Gasteiger partial charge is 0.258 e. The maximum Gasteiger partial charge on any atom is 0.258 e. The van der Waals surface area contributed by atoms with E-state index in [0.717, 1.165) is 15.6 Å². The van der Waals surface area contributed by atoms with Gasteiger partial charge in [0.1, 0.15) is 5.75 Å². The average molecular weight is 422 g/mol. The summed E-state index contributed by atoms with van der Waals surface area (Å²) < 4.78 is 7.78. The first-order valence-electron chi connectivity index (χ1n) is 7.29. The molecule has 1 nitrogen and oxygen atoms in total. The molecule has 0 amide bonds. The van der Waals surface area contributed by atoms with Crippen LogP contribution < -0.4 is 4.43 Å². The van der Waals surface area contributed by atoms with Crippen LogP contribution >= 0.6 is 31.9 Å². The highest BCUT2D eigenvalue weighted by atomic mass is 79.9. The Hall–Kier alpha value is 0.197. The molecule has 1 aromatic carbocycles. The molecule has 0 heterocycles. The standard InChI is InChI=1S/C16H26Br2OSi/c1-11(2)20(12(3)4,13(5)6)19-15-8-7-14(10-17)16(18)9-15/h7-9,11-13H,10H2,1-6H3. The van der Waals surface area contributed by atoms with E-state index in [1.807, 2.05) is 0 Å². The molecule has 0 aromatic heterocycles. The highest BCUT2D eigenvalue weighted by molar-refractivity contribution is 9.10. The first kappa shape index (κ1) is 18.2. The van der Waals surface area contributed by atoms with Crippen molar-refractivity contribution < 1.29 is 4.43 Å². The summed E-state index contributed by atoms with van der Waals surface area (Å²) >= 11 is 7.13. The lowest BCUT2D eigenvalue weighted by Gasteiger charge is -2.42. The van der Waals surface area contributed by atoms with Gasteiger partial charge in [0, 0.05) is 9.80 Å². The van der Waals surface area contributed by atoms with E-state index in [2.05, 4.69) is 91.6 Å². The fraction of sp³-hybridized carbons (Fsp3) is 0.625. The van der Waals surface area contributed by atoms with Gasteiger partial charge < -0.3 is 4.43 Å². The lowest BCUT2D eigenvalue weighted by atomic mass is 10.2. The van der Waals surface area contributed by atoms with Crippen molar-refractivity contribution >= 4 is 40.2 Å². The van der Waals surface area contributed by atoms with E-state index in [-0.39, 0.29) is 0 Å². The number of rotatable bonds is 6. The van der Waals surface area contributed by atoms with Crippen LogP contribution in [0.15, 0.2) is 22.7 Å². The molecule has 1 rings (SSSR count). The summed E-state index contributed by atoms with van der Waals surface area (Å²) in [5, 5.41) is 0.856. The SMILES string of the molecule is CC(C)[Si](Oc1ccc(CBr)c(Br)c1)(C(C)C)C(C)C. The van der Waals surface area contributed by atoms with E-state index in [0.29, 0.717) is 16.6 Å². The fourth-order valence-electron chi connectivity index (χ4n) is 3.26. The van der Waals surface area contributed by atoms with Crippen LogP contribution in [0.5, 0.6) is 5.75 Å². The van der Waals surface area contributed by atoms with E-state index in [1.54, 1.807) is 0 Å². The topological polar surface area (TPSA) is 9.23 Å². The van der Waals surface area contributed by atoms with Gasteiger partial charge in [-0.2, -0.15) is 0 Å². The van der Waals surface area contributed by atoms with E-state index < -0.39 is 8.32 Å². The number of hydrogen-bond donors (Lipinski definition) is 0. The predicted octanol–water partition coefficient (Wildman–Crippen LogP) is 6.90. The Kier molecular flexibility index (Phi) is 6.80. The van der Waals surface area contributed by atoms with Gasteiger partial charge >= 0.3 is 0 Å². The third-order valence-electron chi connectivity index (χ3n) is 4.17. The van der Waals surface area contributed by atoms with Gasteiger partial charge in [0.05, 0.1) is 0 Å². The van der Waals surface area contributed by atoms with Crippen LogP contribution in [0.25, 0.3) is 0 Å². The maximum absolute atomic E-state index is 6.66. The zero-order valence-corrected chi connectivity index (χ0v) is 17.5. The van der Waals surface area contributed by atoms with Gasteiger partial charge in [-0.05, 0) is 34.3 Å². The van der Waals surface area contributed by atoms with E-state index in [1.165, 1.54) is 5.56 Å². The second-order valence-electron chi connectivity index (χ2n) is 6.31. The molecule has 0 unspecified atom stereocenters. The summed E-state index contributed by atoms with van der Waals surface area (Å²) in [5.74, 6) is 1.00. The summed E-state index contributed by atoms with van der Waals surface area (Å²) in [7, 11) is -1.85. The minimum atomic E-state index is -1.85. The number of benzene rings is 1. The van der Waals surface area contributed by atoms with Crippen LogP contribution in [-0.4, -0.2) is 8.32 Å². The second-order valence-corrected chi connectivity index (χ2v) is 13.1. The third-order valence-corrected chi connectivity index (χ3v) is 11.5. The molecule has 0 aliphatic rings. The van der Waals surface area contributed by atoms with Crippen LogP contribution in [0.1, 0.15) is 47.1 Å². The van der Waals surface area contributed by atoms with Crippen molar-refractivity contribution in [3.63, 3.8) is 0 Å². The van der Waals surface area contributed by atoms with E-state index >= 15 is 0 Å². The van der Waals surface area contributed by atoms with Crippen molar-refractivity contribution in [2.45, 2.75) is 63.5 Å². The molecule has 0 spiro atoms. The summed E-state index contributed by atoms with van der Waals surface area (Å²) in [6.45, 7) is 13.9. The molecule has 0 saturated heterocycles. The third kappa shape index (κ3) is 3.69. The minimum absolute atomic E-state index is 0.595. The highest BCUT2D eigenvalue weighted by Gasteiger charge is 2.46. The predicted molar refractivity (Wildman–Crippen MR) is 98.4 cm³/mol. The van der Waals surface area contributed by atoms with Gasteiger partial charge in [0.15, 0.2) is 0 Å². The molecule has 20 heavy (non-hydrogen) atoms. The van der Waals surface area contributed by atoms with Gasteiger partial charge in [-0.1, -0.05) is 79.5 Å². The zero-order chi connectivity index (χ0) is 15.5. The van der Waals surface area contributed by atoms with Crippen LogP contribution in [0.4, 0.5) is 0 Å². The van der Waals surface area contributed by atoms with Crippen molar-refractivity contribution in [2.24, 2.45) is 0 Å². The molecular formula is C16H26Br2OSi. The van der Waals surface area contributed by atoms with Gasteiger partial charge in [-0.25, -0.2) is 0 Å². The van der Waals surface area contributed by atoms with Gasteiger partial charge in [0.25, 0.3) is 8.32 Å². The molecule has 0 bridgehead atoms. The highest BCUT2D eigenvalue weighted by Crippen LogP contribution is 2.43. The molecule has 1 aromatic rings. The summed E-state index contributed by atoms with van der Waals surface area (Å²) in [6, 6.07) is 6.36. The molecular weight excluding hydrogens is 396 g/mol. The summed E-state index contributed by atoms with van der Waals surface area (Å²) in [6.07, 6.45) is 0. The Bertz CT molecular complexity index is 422. The number of hydrogen-bond acceptors (Lipinski definition) is 1.